The van der Waals surface area contributed by atoms with Crippen LogP contribution in [0.15, 0.2) is 24.4 Å². The molecule has 0 unspecified atom stereocenters. The van der Waals surface area contributed by atoms with Crippen molar-refractivity contribution in [3.63, 3.8) is 0 Å². The Morgan fingerprint density at radius 3 is 3.00 bits per heavy atom. The highest BCUT2D eigenvalue weighted by Crippen LogP contribution is 2.43. The Hall–Kier alpha value is -2.34. The molecule has 0 bridgehead atoms. The van der Waals surface area contributed by atoms with Crippen LogP contribution in [0.1, 0.15) is 5.56 Å². The summed E-state index contributed by atoms with van der Waals surface area (Å²) >= 11 is 6.19. The van der Waals surface area contributed by atoms with Crippen molar-refractivity contribution in [1.29, 1.82) is 0 Å². The summed E-state index contributed by atoms with van der Waals surface area (Å²) in [5.74, 6) is -1.66. The number of nitrogens with one attached hydrogen (secondary N) is 1. The first-order valence-corrected chi connectivity index (χ1v) is 8.11. The van der Waals surface area contributed by atoms with Crippen LogP contribution >= 0.6 is 11.6 Å². The van der Waals surface area contributed by atoms with Crippen LogP contribution in [0.3, 0.4) is 0 Å². The highest BCUT2D eigenvalue weighted by molar-refractivity contribution is 6.31. The van der Waals surface area contributed by atoms with Gasteiger partial charge in [0.1, 0.15) is 5.41 Å². The highest BCUT2D eigenvalue weighted by atomic mass is 35.5. The fourth-order valence-corrected chi connectivity index (χ4v) is 4.19. The minimum Gasteiger partial charge on any atom is -0.481 e. The first-order chi connectivity index (χ1) is 11.4. The van der Waals surface area contributed by atoms with Crippen molar-refractivity contribution >= 4 is 40.1 Å². The van der Waals surface area contributed by atoms with Crippen molar-refractivity contribution in [1.82, 2.24) is 10.3 Å². The number of fused-ring (bicyclic) bond motifs is 2. The van der Waals surface area contributed by atoms with E-state index in [1.807, 2.05) is 30.0 Å². The summed E-state index contributed by atoms with van der Waals surface area (Å²) in [7, 11) is 0. The van der Waals surface area contributed by atoms with E-state index in [2.05, 4.69) is 10.3 Å². The lowest BCUT2D eigenvalue weighted by Gasteiger charge is -2.24. The van der Waals surface area contributed by atoms with E-state index in [0.717, 1.165) is 22.2 Å². The molecule has 1 amide bonds. The van der Waals surface area contributed by atoms with E-state index in [9.17, 15) is 14.7 Å². The van der Waals surface area contributed by atoms with Crippen LogP contribution in [-0.4, -0.2) is 41.6 Å². The lowest BCUT2D eigenvalue weighted by atomic mass is 9.81. The maximum Gasteiger partial charge on any atom is 0.314 e. The number of rotatable bonds is 2. The summed E-state index contributed by atoms with van der Waals surface area (Å²) in [5.41, 5.74) is 1.60. The Bertz CT molecular complexity index is 885. The van der Waals surface area contributed by atoms with Crippen molar-refractivity contribution in [2.24, 2.45) is 11.3 Å². The van der Waals surface area contributed by atoms with Gasteiger partial charge in [0.25, 0.3) is 0 Å². The minimum absolute atomic E-state index is 0.172. The maximum atomic E-state index is 12.1. The van der Waals surface area contributed by atoms with Gasteiger partial charge in [0, 0.05) is 41.9 Å². The zero-order valence-electron chi connectivity index (χ0n) is 13.0. The number of nitrogens with zero attached hydrogens (tertiary/aromatic N) is 2. The van der Waals surface area contributed by atoms with Gasteiger partial charge in [0.15, 0.2) is 0 Å². The second-order valence-corrected chi connectivity index (χ2v) is 7.00. The highest BCUT2D eigenvalue weighted by Gasteiger charge is 2.59. The third-order valence-corrected chi connectivity index (χ3v) is 5.40. The summed E-state index contributed by atoms with van der Waals surface area (Å²) in [5, 5.41) is 13.9. The van der Waals surface area contributed by atoms with E-state index < -0.39 is 17.3 Å². The van der Waals surface area contributed by atoms with Crippen molar-refractivity contribution in [2.45, 2.75) is 6.92 Å². The monoisotopic (exact) mass is 345 g/mol. The van der Waals surface area contributed by atoms with Crippen LogP contribution in [0.2, 0.25) is 5.02 Å². The van der Waals surface area contributed by atoms with Gasteiger partial charge in [0.05, 0.1) is 11.4 Å². The number of carboxylic acid groups (broad SMARTS) is 1. The predicted molar refractivity (Wildman–Crippen MR) is 90.3 cm³/mol. The number of carbonyl (C=O) groups excluding carboxylic acids is 1. The van der Waals surface area contributed by atoms with E-state index in [0.29, 0.717) is 11.6 Å². The van der Waals surface area contributed by atoms with Crippen LogP contribution in [0.25, 0.3) is 10.9 Å². The number of pyridine rings is 1. The number of aliphatic carboxylic acids is 1. The number of anilines is 1. The Morgan fingerprint density at radius 2 is 2.29 bits per heavy atom. The normalized spacial score (nSPS) is 25.8. The molecule has 2 N–H and O–H groups in total. The van der Waals surface area contributed by atoms with Gasteiger partial charge in [-0.1, -0.05) is 11.6 Å². The van der Waals surface area contributed by atoms with Gasteiger partial charge in [-0.2, -0.15) is 0 Å². The average Bonchev–Trinajstić information content (AvgIpc) is 3.06. The Morgan fingerprint density at radius 1 is 1.50 bits per heavy atom. The molecule has 2 saturated heterocycles. The van der Waals surface area contributed by atoms with Gasteiger partial charge in [0.2, 0.25) is 5.91 Å². The number of benzene rings is 1. The molecule has 1 aromatic carbocycles. The molecule has 124 valence electrons. The quantitative estimate of drug-likeness (QED) is 0.867. The number of aryl methyl sites for hydroxylation is 1. The van der Waals surface area contributed by atoms with Gasteiger partial charge in [-0.15, -0.1) is 0 Å². The van der Waals surface area contributed by atoms with Crippen LogP contribution in [0, 0.1) is 18.3 Å². The first-order valence-electron chi connectivity index (χ1n) is 7.73. The Kier molecular flexibility index (Phi) is 3.22. The number of hydrogen-bond acceptors (Lipinski definition) is 4. The third kappa shape index (κ3) is 1.99. The molecular formula is C17H16ClN3O3. The van der Waals surface area contributed by atoms with E-state index in [1.54, 1.807) is 6.20 Å². The fourth-order valence-electron chi connectivity index (χ4n) is 3.92. The smallest absolute Gasteiger partial charge is 0.314 e. The largest absolute Gasteiger partial charge is 0.481 e. The molecule has 0 aliphatic carbocycles. The molecule has 4 rings (SSSR count). The van der Waals surface area contributed by atoms with Gasteiger partial charge < -0.3 is 15.3 Å². The maximum absolute atomic E-state index is 12.1. The van der Waals surface area contributed by atoms with Crippen molar-refractivity contribution in [2.75, 3.05) is 24.5 Å². The van der Waals surface area contributed by atoms with E-state index >= 15 is 0 Å². The number of hydrogen-bond donors (Lipinski definition) is 2. The molecule has 7 heteroatoms. The number of aromatic nitrogens is 1. The molecule has 3 heterocycles. The van der Waals surface area contributed by atoms with E-state index in [4.69, 9.17) is 11.6 Å². The molecule has 24 heavy (non-hydrogen) atoms. The molecule has 2 aliphatic rings. The zero-order valence-corrected chi connectivity index (χ0v) is 13.8. The van der Waals surface area contributed by atoms with Crippen molar-refractivity contribution < 1.29 is 14.7 Å². The predicted octanol–water partition coefficient (Wildman–Crippen LogP) is 1.83. The molecule has 2 aromatic rings. The van der Waals surface area contributed by atoms with Crippen LogP contribution in [0.5, 0.6) is 0 Å². The van der Waals surface area contributed by atoms with E-state index in [-0.39, 0.29) is 19.0 Å². The van der Waals surface area contributed by atoms with Crippen molar-refractivity contribution in [3.05, 3.63) is 35.0 Å². The molecule has 2 fully saturated rings. The fraction of sp³-hybridized carbons (Fsp3) is 0.353. The van der Waals surface area contributed by atoms with E-state index in [1.165, 1.54) is 0 Å². The van der Waals surface area contributed by atoms with Gasteiger partial charge in [-0.05, 0) is 30.7 Å². The second kappa shape index (κ2) is 5.08. The molecule has 0 radical (unpaired) electrons. The standard InChI is InChI=1S/C17H16ClN3O3/c1-9-4-10(18)5-11-13(2-3-19-14(9)11)21-6-12-15(22)20-7-17(12,8-21)16(23)24/h2-5,12H,6-8H2,1H3,(H,20,22)(H,23,24)/t12-,17+/m0/s1. The second-order valence-electron chi connectivity index (χ2n) is 6.56. The lowest BCUT2D eigenvalue weighted by molar-refractivity contribution is -0.149. The summed E-state index contributed by atoms with van der Waals surface area (Å²) in [6.45, 7) is 2.78. The van der Waals surface area contributed by atoms with Crippen LogP contribution in [0.4, 0.5) is 5.69 Å². The molecule has 6 nitrogen and oxygen atoms in total. The molecule has 0 spiro atoms. The summed E-state index contributed by atoms with van der Waals surface area (Å²) in [4.78, 5) is 30.3. The lowest BCUT2D eigenvalue weighted by Crippen LogP contribution is -2.40. The Labute approximate surface area is 143 Å². The summed E-state index contributed by atoms with van der Waals surface area (Å²) in [6, 6.07) is 5.55. The Balaban J connectivity index is 1.83. The first kappa shape index (κ1) is 15.2. The average molecular weight is 346 g/mol. The van der Waals surface area contributed by atoms with Gasteiger partial charge in [-0.3, -0.25) is 14.6 Å². The number of halogens is 1. The third-order valence-electron chi connectivity index (χ3n) is 5.18. The van der Waals surface area contributed by atoms with Gasteiger partial charge in [-0.25, -0.2) is 0 Å². The number of carbonyl (C=O) groups is 2. The molecule has 1 aromatic heterocycles. The van der Waals surface area contributed by atoms with Crippen LogP contribution < -0.4 is 10.2 Å². The summed E-state index contributed by atoms with van der Waals surface area (Å²) < 4.78 is 0. The minimum atomic E-state index is -1.07. The molecule has 2 aliphatic heterocycles. The molecule has 0 saturated carbocycles. The topological polar surface area (TPSA) is 82.5 Å². The number of amides is 1. The zero-order chi connectivity index (χ0) is 17.1. The van der Waals surface area contributed by atoms with Crippen molar-refractivity contribution in [3.8, 4) is 0 Å². The summed E-state index contributed by atoms with van der Waals surface area (Å²) in [6.07, 6.45) is 1.71. The number of carboxylic acids is 1. The SMILES string of the molecule is Cc1cc(Cl)cc2c(N3C[C@H]4C(=O)NC[C@@]4(C(=O)O)C3)ccnc12. The molecular weight excluding hydrogens is 330 g/mol. The van der Waals surface area contributed by atoms with Crippen LogP contribution in [-0.2, 0) is 9.59 Å². The van der Waals surface area contributed by atoms with Gasteiger partial charge >= 0.3 is 5.97 Å². The molecule has 2 atom stereocenters.